The zero-order valence-corrected chi connectivity index (χ0v) is 10.2. The standard InChI is InChI=1S/C11H19BrO2/c1-2-11(13)14-10-8-6-4-3-5-7-9-12/h2H,1,3-10H2. The Morgan fingerprint density at radius 1 is 1.14 bits per heavy atom. The first-order valence-electron chi connectivity index (χ1n) is 5.16. The summed E-state index contributed by atoms with van der Waals surface area (Å²) in [6.07, 6.45) is 8.37. The van der Waals surface area contributed by atoms with E-state index in [9.17, 15) is 4.79 Å². The molecule has 0 rings (SSSR count). The van der Waals surface area contributed by atoms with Gasteiger partial charge in [-0.3, -0.25) is 0 Å². The van der Waals surface area contributed by atoms with E-state index in [1.54, 1.807) is 0 Å². The number of rotatable bonds is 9. The third-order valence-electron chi connectivity index (χ3n) is 1.94. The number of esters is 1. The van der Waals surface area contributed by atoms with Crippen LogP contribution in [0.4, 0.5) is 0 Å². The molecular weight excluding hydrogens is 244 g/mol. The van der Waals surface area contributed by atoms with Crippen LogP contribution in [0.5, 0.6) is 0 Å². The first-order valence-corrected chi connectivity index (χ1v) is 6.28. The van der Waals surface area contributed by atoms with Crippen LogP contribution in [-0.2, 0) is 9.53 Å². The van der Waals surface area contributed by atoms with Crippen LogP contribution in [0, 0.1) is 0 Å². The first-order chi connectivity index (χ1) is 6.81. The van der Waals surface area contributed by atoms with Crippen molar-refractivity contribution in [1.29, 1.82) is 0 Å². The quantitative estimate of drug-likeness (QED) is 0.275. The summed E-state index contributed by atoms with van der Waals surface area (Å²) >= 11 is 3.40. The number of carbonyl (C=O) groups excluding carboxylic acids is 1. The minimum atomic E-state index is -0.315. The number of hydrogen-bond acceptors (Lipinski definition) is 2. The summed E-state index contributed by atoms with van der Waals surface area (Å²) in [4.78, 5) is 10.6. The van der Waals surface area contributed by atoms with Crippen LogP contribution in [0.2, 0.25) is 0 Å². The molecule has 0 saturated carbocycles. The van der Waals surface area contributed by atoms with Crippen molar-refractivity contribution in [3.05, 3.63) is 12.7 Å². The van der Waals surface area contributed by atoms with Gasteiger partial charge in [0.15, 0.2) is 0 Å². The fourth-order valence-electron chi connectivity index (χ4n) is 1.14. The van der Waals surface area contributed by atoms with E-state index in [4.69, 9.17) is 4.74 Å². The van der Waals surface area contributed by atoms with E-state index < -0.39 is 0 Å². The van der Waals surface area contributed by atoms with E-state index >= 15 is 0 Å². The van der Waals surface area contributed by atoms with Gasteiger partial charge in [-0.05, 0) is 12.8 Å². The summed E-state index contributed by atoms with van der Waals surface area (Å²) in [5.74, 6) is -0.315. The summed E-state index contributed by atoms with van der Waals surface area (Å²) in [7, 11) is 0. The highest BCUT2D eigenvalue weighted by atomic mass is 79.9. The highest BCUT2D eigenvalue weighted by Crippen LogP contribution is 2.06. The van der Waals surface area contributed by atoms with Crippen LogP contribution < -0.4 is 0 Å². The molecule has 0 unspecified atom stereocenters. The maximum atomic E-state index is 10.6. The normalized spacial score (nSPS) is 9.79. The summed E-state index contributed by atoms with van der Waals surface area (Å²) < 4.78 is 4.85. The van der Waals surface area contributed by atoms with Gasteiger partial charge in [0.05, 0.1) is 6.61 Å². The number of halogens is 1. The van der Waals surface area contributed by atoms with Gasteiger partial charge in [-0.2, -0.15) is 0 Å². The molecule has 0 amide bonds. The highest BCUT2D eigenvalue weighted by Gasteiger charge is 1.95. The van der Waals surface area contributed by atoms with Gasteiger partial charge < -0.3 is 4.74 Å². The molecule has 0 radical (unpaired) electrons. The van der Waals surface area contributed by atoms with Crippen LogP contribution in [0.25, 0.3) is 0 Å². The number of ether oxygens (including phenoxy) is 1. The van der Waals surface area contributed by atoms with Gasteiger partial charge in [-0.25, -0.2) is 4.79 Å². The molecule has 2 nitrogen and oxygen atoms in total. The van der Waals surface area contributed by atoms with E-state index in [-0.39, 0.29) is 5.97 Å². The lowest BCUT2D eigenvalue weighted by Crippen LogP contribution is -2.01. The highest BCUT2D eigenvalue weighted by molar-refractivity contribution is 9.09. The van der Waals surface area contributed by atoms with Crippen molar-refractivity contribution in [2.75, 3.05) is 11.9 Å². The second-order valence-electron chi connectivity index (χ2n) is 3.18. The Kier molecular flexibility index (Phi) is 10.5. The second kappa shape index (κ2) is 10.8. The Morgan fingerprint density at radius 3 is 2.29 bits per heavy atom. The SMILES string of the molecule is C=CC(=O)OCCCCCCCCBr. The fourth-order valence-corrected chi connectivity index (χ4v) is 1.53. The van der Waals surface area contributed by atoms with Gasteiger partial charge in [0.1, 0.15) is 0 Å². The lowest BCUT2D eigenvalue weighted by atomic mass is 10.1. The molecule has 82 valence electrons. The van der Waals surface area contributed by atoms with Gasteiger partial charge in [-0.15, -0.1) is 0 Å². The average molecular weight is 263 g/mol. The monoisotopic (exact) mass is 262 g/mol. The van der Waals surface area contributed by atoms with Crippen LogP contribution in [0.15, 0.2) is 12.7 Å². The minimum Gasteiger partial charge on any atom is -0.463 e. The smallest absolute Gasteiger partial charge is 0.330 e. The fraction of sp³-hybridized carbons (Fsp3) is 0.727. The largest absolute Gasteiger partial charge is 0.463 e. The van der Waals surface area contributed by atoms with Crippen LogP contribution in [-0.4, -0.2) is 17.9 Å². The third kappa shape index (κ3) is 9.78. The molecular formula is C11H19BrO2. The van der Waals surface area contributed by atoms with E-state index in [0.717, 1.165) is 18.2 Å². The third-order valence-corrected chi connectivity index (χ3v) is 2.50. The Bertz CT molecular complexity index is 157. The first kappa shape index (κ1) is 13.7. The molecule has 0 saturated heterocycles. The molecule has 0 N–H and O–H groups in total. The van der Waals surface area contributed by atoms with Gasteiger partial charge in [0, 0.05) is 11.4 Å². The molecule has 0 aromatic carbocycles. The Balaban J connectivity index is 2.99. The number of hydrogen-bond donors (Lipinski definition) is 0. The maximum Gasteiger partial charge on any atom is 0.330 e. The molecule has 0 heterocycles. The van der Waals surface area contributed by atoms with Crippen molar-refractivity contribution in [2.24, 2.45) is 0 Å². The molecule has 3 heteroatoms. The summed E-state index contributed by atoms with van der Waals surface area (Å²) in [5.41, 5.74) is 0. The molecule has 14 heavy (non-hydrogen) atoms. The van der Waals surface area contributed by atoms with Crippen LogP contribution in [0.1, 0.15) is 38.5 Å². The Hall–Kier alpha value is -0.310. The van der Waals surface area contributed by atoms with E-state index in [2.05, 4.69) is 22.5 Å². The molecule has 0 aliphatic carbocycles. The van der Waals surface area contributed by atoms with E-state index in [1.807, 2.05) is 0 Å². The lowest BCUT2D eigenvalue weighted by molar-refractivity contribution is -0.137. The van der Waals surface area contributed by atoms with Crippen molar-refractivity contribution < 1.29 is 9.53 Å². The van der Waals surface area contributed by atoms with Crippen molar-refractivity contribution in [1.82, 2.24) is 0 Å². The van der Waals surface area contributed by atoms with Crippen LogP contribution >= 0.6 is 15.9 Å². The number of alkyl halides is 1. The van der Waals surface area contributed by atoms with Gasteiger partial charge in [-0.1, -0.05) is 48.2 Å². The molecule has 0 spiro atoms. The lowest BCUT2D eigenvalue weighted by Gasteiger charge is -2.01. The maximum absolute atomic E-state index is 10.6. The van der Waals surface area contributed by atoms with Gasteiger partial charge in [0.25, 0.3) is 0 Å². The Morgan fingerprint density at radius 2 is 1.71 bits per heavy atom. The Labute approximate surface area is 94.8 Å². The van der Waals surface area contributed by atoms with Crippen molar-refractivity contribution >= 4 is 21.9 Å². The van der Waals surface area contributed by atoms with Gasteiger partial charge in [0.2, 0.25) is 0 Å². The minimum absolute atomic E-state index is 0.315. The second-order valence-corrected chi connectivity index (χ2v) is 3.97. The molecule has 0 atom stereocenters. The zero-order valence-electron chi connectivity index (χ0n) is 8.64. The molecule has 0 aliphatic heterocycles. The molecule has 0 bridgehead atoms. The van der Waals surface area contributed by atoms with Crippen LogP contribution in [0.3, 0.4) is 0 Å². The summed E-state index contributed by atoms with van der Waals surface area (Å²) in [6.45, 7) is 3.86. The number of carbonyl (C=O) groups is 1. The zero-order chi connectivity index (χ0) is 10.6. The molecule has 0 aromatic heterocycles. The van der Waals surface area contributed by atoms with E-state index in [1.165, 1.54) is 31.8 Å². The summed E-state index contributed by atoms with van der Waals surface area (Å²) in [5, 5.41) is 1.10. The number of unbranched alkanes of at least 4 members (excludes halogenated alkanes) is 5. The topological polar surface area (TPSA) is 26.3 Å². The summed E-state index contributed by atoms with van der Waals surface area (Å²) in [6, 6.07) is 0. The predicted molar refractivity (Wildman–Crippen MR) is 62.7 cm³/mol. The molecule has 0 aromatic rings. The molecule has 0 fully saturated rings. The van der Waals surface area contributed by atoms with Crippen molar-refractivity contribution in [2.45, 2.75) is 38.5 Å². The van der Waals surface area contributed by atoms with Crippen molar-refractivity contribution in [3.63, 3.8) is 0 Å². The molecule has 0 aliphatic rings. The average Bonchev–Trinajstić information content (AvgIpc) is 2.21. The van der Waals surface area contributed by atoms with Crippen molar-refractivity contribution in [3.8, 4) is 0 Å². The van der Waals surface area contributed by atoms with E-state index in [0.29, 0.717) is 6.61 Å². The predicted octanol–water partition coefficient (Wildman–Crippen LogP) is 3.45. The van der Waals surface area contributed by atoms with Gasteiger partial charge >= 0.3 is 5.97 Å².